The van der Waals surface area contributed by atoms with Crippen LogP contribution in [0.2, 0.25) is 0 Å². The quantitative estimate of drug-likeness (QED) is 0.819. The van der Waals surface area contributed by atoms with Gasteiger partial charge in [0.25, 0.3) is 5.91 Å². The fourth-order valence-corrected chi connectivity index (χ4v) is 2.93. The second-order valence-corrected chi connectivity index (χ2v) is 5.74. The van der Waals surface area contributed by atoms with Crippen molar-refractivity contribution in [2.45, 2.75) is 39.2 Å². The van der Waals surface area contributed by atoms with Crippen molar-refractivity contribution in [1.82, 2.24) is 5.32 Å². The lowest BCUT2D eigenvalue weighted by atomic mass is 9.84. The highest BCUT2D eigenvalue weighted by Gasteiger charge is 2.31. The van der Waals surface area contributed by atoms with Crippen molar-refractivity contribution in [3.05, 3.63) is 29.8 Å². The van der Waals surface area contributed by atoms with Crippen molar-refractivity contribution in [2.75, 3.05) is 12.4 Å². The highest BCUT2D eigenvalue weighted by atomic mass is 35.5. The van der Waals surface area contributed by atoms with Crippen LogP contribution in [0.3, 0.4) is 0 Å². The third-order valence-electron chi connectivity index (χ3n) is 4.36. The topological polar surface area (TPSA) is 38.3 Å². The molecule has 0 saturated heterocycles. The molecule has 0 aliphatic carbocycles. The fraction of sp³-hybridized carbons (Fsp3) is 0.562. The van der Waals surface area contributed by atoms with Crippen LogP contribution in [-0.2, 0) is 11.2 Å². The Bertz CT molecular complexity index is 438. The average molecular weight is 296 g/mol. The molecule has 1 aromatic carbocycles. The van der Waals surface area contributed by atoms with Crippen LogP contribution in [0.4, 0.5) is 0 Å². The van der Waals surface area contributed by atoms with Gasteiger partial charge in [-0.1, -0.05) is 32.0 Å². The van der Waals surface area contributed by atoms with Crippen LogP contribution in [0.25, 0.3) is 0 Å². The molecule has 0 spiro atoms. The summed E-state index contributed by atoms with van der Waals surface area (Å²) in [6, 6.07) is 7.80. The molecule has 3 nitrogen and oxygen atoms in total. The van der Waals surface area contributed by atoms with Crippen LogP contribution in [-0.4, -0.2) is 24.4 Å². The number of carbonyl (C=O) groups excluding carboxylic acids is 1. The number of carbonyl (C=O) groups is 1. The number of alkyl halides is 1. The second-order valence-electron chi connectivity index (χ2n) is 5.48. The van der Waals surface area contributed by atoms with Gasteiger partial charge in [-0.25, -0.2) is 0 Å². The Morgan fingerprint density at radius 3 is 2.70 bits per heavy atom. The second kappa shape index (κ2) is 6.49. The predicted molar refractivity (Wildman–Crippen MR) is 81.3 cm³/mol. The smallest absolute Gasteiger partial charge is 0.261 e. The third-order valence-corrected chi connectivity index (χ3v) is 4.93. The van der Waals surface area contributed by atoms with Gasteiger partial charge < -0.3 is 10.1 Å². The lowest BCUT2D eigenvalue weighted by molar-refractivity contribution is -0.127. The summed E-state index contributed by atoms with van der Waals surface area (Å²) >= 11 is 6.06. The lowest BCUT2D eigenvalue weighted by Crippen LogP contribution is -2.44. The van der Waals surface area contributed by atoms with Crippen molar-refractivity contribution in [3.8, 4) is 5.75 Å². The maximum Gasteiger partial charge on any atom is 0.261 e. The van der Waals surface area contributed by atoms with Crippen molar-refractivity contribution in [3.63, 3.8) is 0 Å². The summed E-state index contributed by atoms with van der Waals surface area (Å²) in [6.07, 6.45) is 2.15. The fourth-order valence-electron chi connectivity index (χ4n) is 2.45. The molecule has 4 heteroatoms. The van der Waals surface area contributed by atoms with Crippen LogP contribution in [0.5, 0.6) is 5.75 Å². The van der Waals surface area contributed by atoms with Gasteiger partial charge in [-0.2, -0.15) is 0 Å². The van der Waals surface area contributed by atoms with Crippen LogP contribution in [0.1, 0.15) is 32.3 Å². The zero-order chi connectivity index (χ0) is 14.6. The van der Waals surface area contributed by atoms with Gasteiger partial charge in [0.05, 0.1) is 0 Å². The molecule has 1 amide bonds. The maximum absolute atomic E-state index is 12.2. The van der Waals surface area contributed by atoms with Crippen LogP contribution >= 0.6 is 11.6 Å². The van der Waals surface area contributed by atoms with Gasteiger partial charge >= 0.3 is 0 Å². The monoisotopic (exact) mass is 295 g/mol. The normalized spacial score (nSPS) is 17.4. The van der Waals surface area contributed by atoms with Gasteiger partial charge in [0, 0.05) is 24.3 Å². The number of hydrogen-bond acceptors (Lipinski definition) is 2. The number of amides is 1. The number of fused-ring (bicyclic) bond motifs is 1. The minimum Gasteiger partial charge on any atom is -0.480 e. The van der Waals surface area contributed by atoms with Crippen LogP contribution in [0, 0.1) is 5.41 Å². The van der Waals surface area contributed by atoms with Gasteiger partial charge in [0.15, 0.2) is 6.10 Å². The molecule has 1 aliphatic rings. The zero-order valence-electron chi connectivity index (χ0n) is 12.1. The van der Waals surface area contributed by atoms with Gasteiger partial charge in [-0.3, -0.25) is 4.79 Å². The van der Waals surface area contributed by atoms with E-state index in [1.807, 2.05) is 24.3 Å². The van der Waals surface area contributed by atoms with E-state index in [0.717, 1.165) is 24.2 Å². The Morgan fingerprint density at radius 1 is 1.40 bits per heavy atom. The number of benzene rings is 1. The summed E-state index contributed by atoms with van der Waals surface area (Å²) in [5, 5.41) is 3.00. The molecular formula is C16H22ClNO2. The molecule has 0 fully saturated rings. The van der Waals surface area contributed by atoms with E-state index in [9.17, 15) is 4.79 Å². The van der Waals surface area contributed by atoms with Crippen LogP contribution < -0.4 is 10.1 Å². The van der Waals surface area contributed by atoms with E-state index in [0.29, 0.717) is 18.8 Å². The predicted octanol–water partition coefficient (Wildman–Crippen LogP) is 3.15. The molecule has 1 atom stereocenters. The summed E-state index contributed by atoms with van der Waals surface area (Å²) < 4.78 is 5.69. The SMILES string of the molecule is CCC(CC)(CCl)CNC(=O)C1Cc2ccccc2O1. The summed E-state index contributed by atoms with van der Waals surface area (Å²) in [4.78, 5) is 12.2. The van der Waals surface area contributed by atoms with E-state index in [1.54, 1.807) is 0 Å². The Hall–Kier alpha value is -1.22. The first-order valence-electron chi connectivity index (χ1n) is 7.22. The average Bonchev–Trinajstić information content (AvgIpc) is 2.93. The van der Waals surface area contributed by atoms with Crippen molar-refractivity contribution < 1.29 is 9.53 Å². The number of para-hydroxylation sites is 1. The third kappa shape index (κ3) is 3.09. The molecule has 1 unspecified atom stereocenters. The van der Waals surface area contributed by atoms with Crippen molar-refractivity contribution >= 4 is 17.5 Å². The number of nitrogens with one attached hydrogen (secondary N) is 1. The molecule has 110 valence electrons. The zero-order valence-corrected chi connectivity index (χ0v) is 12.9. The molecule has 0 bridgehead atoms. The first kappa shape index (κ1) is 15.2. The molecule has 1 heterocycles. The Balaban J connectivity index is 1.91. The van der Waals surface area contributed by atoms with E-state index in [4.69, 9.17) is 16.3 Å². The molecular weight excluding hydrogens is 274 g/mol. The largest absolute Gasteiger partial charge is 0.480 e. The van der Waals surface area contributed by atoms with Crippen LogP contribution in [0.15, 0.2) is 24.3 Å². The van der Waals surface area contributed by atoms with E-state index in [1.165, 1.54) is 0 Å². The number of hydrogen-bond donors (Lipinski definition) is 1. The molecule has 2 rings (SSSR count). The summed E-state index contributed by atoms with van der Waals surface area (Å²) in [5.41, 5.74) is 1.09. The summed E-state index contributed by atoms with van der Waals surface area (Å²) in [7, 11) is 0. The standard InChI is InChI=1S/C16H22ClNO2/c1-3-16(4-2,10-17)11-18-15(19)14-9-12-7-5-6-8-13(12)20-14/h5-8,14H,3-4,9-11H2,1-2H3,(H,18,19). The minimum atomic E-state index is -0.408. The minimum absolute atomic E-state index is 0.0112. The Kier molecular flexibility index (Phi) is 4.92. The molecule has 0 aromatic heterocycles. The van der Waals surface area contributed by atoms with E-state index in [2.05, 4.69) is 19.2 Å². The number of rotatable bonds is 6. The van der Waals surface area contributed by atoms with Crippen molar-refractivity contribution in [1.29, 1.82) is 0 Å². The van der Waals surface area contributed by atoms with Gasteiger partial charge in [0.2, 0.25) is 0 Å². The van der Waals surface area contributed by atoms with Gasteiger partial charge in [0.1, 0.15) is 5.75 Å². The van der Waals surface area contributed by atoms with Gasteiger partial charge in [-0.05, 0) is 24.5 Å². The van der Waals surface area contributed by atoms with E-state index < -0.39 is 6.10 Å². The maximum atomic E-state index is 12.2. The van der Waals surface area contributed by atoms with E-state index in [-0.39, 0.29) is 11.3 Å². The summed E-state index contributed by atoms with van der Waals surface area (Å²) in [5.74, 6) is 1.34. The molecule has 1 aliphatic heterocycles. The number of halogens is 1. The molecule has 1 N–H and O–H groups in total. The first-order chi connectivity index (χ1) is 9.64. The summed E-state index contributed by atoms with van der Waals surface area (Å²) in [6.45, 7) is 4.83. The van der Waals surface area contributed by atoms with E-state index >= 15 is 0 Å². The van der Waals surface area contributed by atoms with Gasteiger partial charge in [-0.15, -0.1) is 11.6 Å². The molecule has 20 heavy (non-hydrogen) atoms. The number of ether oxygens (including phenoxy) is 1. The highest BCUT2D eigenvalue weighted by molar-refractivity contribution is 6.18. The lowest BCUT2D eigenvalue weighted by Gasteiger charge is -2.29. The molecule has 0 saturated carbocycles. The van der Waals surface area contributed by atoms with Crippen molar-refractivity contribution in [2.24, 2.45) is 5.41 Å². The molecule has 1 aromatic rings. The highest BCUT2D eigenvalue weighted by Crippen LogP contribution is 2.29. The Morgan fingerprint density at radius 2 is 2.10 bits per heavy atom. The molecule has 0 radical (unpaired) electrons. The Labute approximate surface area is 125 Å². The first-order valence-corrected chi connectivity index (χ1v) is 7.76.